The Bertz CT molecular complexity index is 1060. The highest BCUT2D eigenvalue weighted by molar-refractivity contribution is 5.96. The van der Waals surface area contributed by atoms with E-state index in [0.29, 0.717) is 30.3 Å². The molecule has 0 spiro atoms. The lowest BCUT2D eigenvalue weighted by molar-refractivity contribution is -0.117. The summed E-state index contributed by atoms with van der Waals surface area (Å²) in [6.45, 7) is 4.08. The first kappa shape index (κ1) is 19.8. The molecule has 0 radical (unpaired) electrons. The summed E-state index contributed by atoms with van der Waals surface area (Å²) in [5.74, 6) is 1.80. The number of carbonyl (C=O) groups is 1. The number of pyridine rings is 1. The molecule has 4 rings (SSSR count). The van der Waals surface area contributed by atoms with Gasteiger partial charge in [-0.25, -0.2) is 9.97 Å². The van der Waals surface area contributed by atoms with Gasteiger partial charge in [-0.1, -0.05) is 12.1 Å². The highest BCUT2D eigenvalue weighted by Crippen LogP contribution is 2.55. The number of rotatable bonds is 7. The van der Waals surface area contributed by atoms with Crippen LogP contribution in [-0.2, 0) is 10.2 Å². The highest BCUT2D eigenvalue weighted by atomic mass is 16.5. The number of anilines is 1. The molecule has 7 heteroatoms. The molecule has 1 saturated carbocycles. The van der Waals surface area contributed by atoms with Crippen LogP contribution in [0.2, 0.25) is 0 Å². The van der Waals surface area contributed by atoms with E-state index in [4.69, 9.17) is 9.47 Å². The molecule has 0 aliphatic heterocycles. The van der Waals surface area contributed by atoms with E-state index >= 15 is 0 Å². The number of amides is 1. The fourth-order valence-corrected chi connectivity index (χ4v) is 3.73. The quantitative estimate of drug-likeness (QED) is 0.649. The van der Waals surface area contributed by atoms with Crippen molar-refractivity contribution in [2.45, 2.75) is 25.7 Å². The predicted octanol–water partition coefficient (Wildman–Crippen LogP) is 3.47. The number of methoxy groups -OCH3 is 1. The van der Waals surface area contributed by atoms with Gasteiger partial charge in [0.1, 0.15) is 11.6 Å². The largest absolute Gasteiger partial charge is 0.497 e. The molecule has 0 saturated heterocycles. The Morgan fingerprint density at radius 2 is 2.10 bits per heavy atom. The van der Waals surface area contributed by atoms with E-state index in [1.165, 1.54) is 0 Å². The first-order valence-corrected chi connectivity index (χ1v) is 9.80. The number of ether oxygens (including phenoxy) is 2. The Hall–Kier alpha value is -3.48. The van der Waals surface area contributed by atoms with Gasteiger partial charge in [0.25, 0.3) is 0 Å². The van der Waals surface area contributed by atoms with Crippen LogP contribution in [0.3, 0.4) is 0 Å². The van der Waals surface area contributed by atoms with Crippen molar-refractivity contribution in [1.82, 2.24) is 15.0 Å². The zero-order valence-corrected chi connectivity index (χ0v) is 17.3. The summed E-state index contributed by atoms with van der Waals surface area (Å²) in [5, 5.41) is 2.96. The number of nitrogens with zero attached hydrogens (tertiary/aromatic N) is 3. The molecule has 0 bridgehead atoms. The zero-order chi connectivity index (χ0) is 21.1. The van der Waals surface area contributed by atoms with E-state index in [-0.39, 0.29) is 11.8 Å². The van der Waals surface area contributed by atoms with E-state index in [0.717, 1.165) is 17.0 Å². The Labute approximate surface area is 175 Å². The second-order valence-electron chi connectivity index (χ2n) is 7.53. The van der Waals surface area contributed by atoms with Gasteiger partial charge in [0.05, 0.1) is 43.4 Å². The standard InChI is InChI=1S/C23H24N4O3/c1-15-21(13-25-16(2)26-15)30-14-23(17-6-4-8-19(10-17)29-3)11-20(23)22(28)27-18-7-5-9-24-12-18/h4-10,12-13,20H,11,14H2,1-3H3,(H,27,28). The minimum Gasteiger partial charge on any atom is -0.497 e. The van der Waals surface area contributed by atoms with Crippen LogP contribution in [0, 0.1) is 19.8 Å². The molecule has 1 aliphatic rings. The van der Waals surface area contributed by atoms with Gasteiger partial charge < -0.3 is 14.8 Å². The Morgan fingerprint density at radius 3 is 2.83 bits per heavy atom. The van der Waals surface area contributed by atoms with E-state index < -0.39 is 5.41 Å². The predicted molar refractivity (Wildman–Crippen MR) is 113 cm³/mol. The van der Waals surface area contributed by atoms with Crippen molar-refractivity contribution in [3.05, 3.63) is 72.1 Å². The Kier molecular flexibility index (Phi) is 5.35. The molecule has 1 amide bonds. The Balaban J connectivity index is 1.58. The minimum atomic E-state index is -0.446. The van der Waals surface area contributed by atoms with Crippen LogP contribution in [0.5, 0.6) is 11.5 Å². The number of hydrogen-bond acceptors (Lipinski definition) is 6. The zero-order valence-electron chi connectivity index (χ0n) is 17.3. The fraction of sp³-hybridized carbons (Fsp3) is 0.304. The van der Waals surface area contributed by atoms with Gasteiger partial charge in [0.2, 0.25) is 5.91 Å². The molecule has 1 fully saturated rings. The summed E-state index contributed by atoms with van der Waals surface area (Å²) in [6, 6.07) is 11.4. The van der Waals surface area contributed by atoms with E-state index in [1.54, 1.807) is 31.8 Å². The van der Waals surface area contributed by atoms with E-state index in [9.17, 15) is 4.79 Å². The molecule has 2 heterocycles. The number of benzene rings is 1. The van der Waals surface area contributed by atoms with Crippen molar-refractivity contribution < 1.29 is 14.3 Å². The molecule has 2 aromatic heterocycles. The first-order chi connectivity index (χ1) is 14.5. The van der Waals surface area contributed by atoms with Gasteiger partial charge in [-0.05, 0) is 50.1 Å². The average molecular weight is 404 g/mol. The summed E-state index contributed by atoms with van der Waals surface area (Å²) in [6.07, 6.45) is 5.67. The molecule has 2 atom stereocenters. The lowest BCUT2D eigenvalue weighted by Gasteiger charge is -2.20. The lowest BCUT2D eigenvalue weighted by atomic mass is 9.93. The third-order valence-electron chi connectivity index (χ3n) is 5.51. The van der Waals surface area contributed by atoms with Crippen molar-refractivity contribution in [2.24, 2.45) is 5.92 Å². The van der Waals surface area contributed by atoms with Crippen molar-refractivity contribution in [2.75, 3.05) is 19.0 Å². The van der Waals surface area contributed by atoms with Gasteiger partial charge in [-0.2, -0.15) is 0 Å². The third-order valence-corrected chi connectivity index (χ3v) is 5.51. The van der Waals surface area contributed by atoms with Crippen molar-refractivity contribution >= 4 is 11.6 Å². The first-order valence-electron chi connectivity index (χ1n) is 9.80. The van der Waals surface area contributed by atoms with Crippen LogP contribution in [0.1, 0.15) is 23.5 Å². The van der Waals surface area contributed by atoms with Crippen LogP contribution < -0.4 is 14.8 Å². The van der Waals surface area contributed by atoms with Crippen molar-refractivity contribution in [3.8, 4) is 11.5 Å². The number of hydrogen-bond donors (Lipinski definition) is 1. The van der Waals surface area contributed by atoms with Crippen molar-refractivity contribution in [3.63, 3.8) is 0 Å². The van der Waals surface area contributed by atoms with Gasteiger partial charge in [0.15, 0.2) is 5.75 Å². The summed E-state index contributed by atoms with van der Waals surface area (Å²) in [4.78, 5) is 25.6. The molecule has 2 unspecified atom stereocenters. The SMILES string of the molecule is COc1cccc(C2(COc3cnc(C)nc3C)CC2C(=O)Nc2cccnc2)c1. The maximum atomic E-state index is 13.0. The molecule has 1 aromatic carbocycles. The summed E-state index contributed by atoms with van der Waals surface area (Å²) >= 11 is 0. The van der Waals surface area contributed by atoms with Crippen LogP contribution in [0.25, 0.3) is 0 Å². The third kappa shape index (κ3) is 3.96. The van der Waals surface area contributed by atoms with Crippen LogP contribution >= 0.6 is 0 Å². The number of nitrogens with one attached hydrogen (secondary N) is 1. The van der Waals surface area contributed by atoms with Crippen LogP contribution in [0.4, 0.5) is 5.69 Å². The van der Waals surface area contributed by atoms with Crippen LogP contribution in [0.15, 0.2) is 55.0 Å². The molecule has 7 nitrogen and oxygen atoms in total. The maximum absolute atomic E-state index is 13.0. The topological polar surface area (TPSA) is 86.2 Å². The van der Waals surface area contributed by atoms with Gasteiger partial charge in [-0.3, -0.25) is 9.78 Å². The molecule has 1 N–H and O–H groups in total. The van der Waals surface area contributed by atoms with Gasteiger partial charge in [0, 0.05) is 11.6 Å². The Morgan fingerprint density at radius 1 is 1.23 bits per heavy atom. The minimum absolute atomic E-state index is 0.0497. The molecular weight excluding hydrogens is 380 g/mol. The smallest absolute Gasteiger partial charge is 0.228 e. The summed E-state index contributed by atoms with van der Waals surface area (Å²) in [7, 11) is 1.63. The lowest BCUT2D eigenvalue weighted by Crippen LogP contribution is -2.26. The summed E-state index contributed by atoms with van der Waals surface area (Å²) < 4.78 is 11.5. The van der Waals surface area contributed by atoms with Crippen molar-refractivity contribution in [1.29, 1.82) is 0 Å². The highest BCUT2D eigenvalue weighted by Gasteiger charge is 2.60. The van der Waals surface area contributed by atoms with E-state index in [2.05, 4.69) is 20.3 Å². The van der Waals surface area contributed by atoms with E-state index in [1.807, 2.05) is 44.2 Å². The second-order valence-corrected chi connectivity index (χ2v) is 7.53. The maximum Gasteiger partial charge on any atom is 0.228 e. The fourth-order valence-electron chi connectivity index (χ4n) is 3.73. The molecular formula is C23H24N4O3. The number of aryl methyl sites for hydroxylation is 2. The monoisotopic (exact) mass is 404 g/mol. The average Bonchev–Trinajstić information content (AvgIpc) is 3.50. The van der Waals surface area contributed by atoms with Gasteiger partial charge in [-0.15, -0.1) is 0 Å². The molecule has 1 aliphatic carbocycles. The molecule has 3 aromatic rings. The van der Waals surface area contributed by atoms with Gasteiger partial charge >= 0.3 is 0 Å². The number of aromatic nitrogens is 3. The summed E-state index contributed by atoms with van der Waals surface area (Å²) in [5.41, 5.74) is 2.02. The molecule has 154 valence electrons. The second kappa shape index (κ2) is 8.10. The van der Waals surface area contributed by atoms with Crippen LogP contribution in [-0.4, -0.2) is 34.6 Å². The normalized spacial score (nSPS) is 19.8. The number of carbonyl (C=O) groups excluding carboxylic acids is 1. The molecule has 30 heavy (non-hydrogen) atoms.